The molecule has 0 atom stereocenters. The molecule has 0 unspecified atom stereocenters. The van der Waals surface area contributed by atoms with Crippen LogP contribution in [0.5, 0.6) is 5.75 Å². The van der Waals surface area contributed by atoms with E-state index in [-0.39, 0.29) is 0 Å². The maximum atomic E-state index is 5.46. The van der Waals surface area contributed by atoms with Gasteiger partial charge in [0.25, 0.3) is 0 Å². The minimum Gasteiger partial charge on any atom is -0.494 e. The second-order valence-corrected chi connectivity index (χ2v) is 5.20. The van der Waals surface area contributed by atoms with Crippen LogP contribution in [0.25, 0.3) is 5.69 Å². The molecule has 0 saturated carbocycles. The van der Waals surface area contributed by atoms with Crippen molar-refractivity contribution < 1.29 is 4.74 Å². The summed E-state index contributed by atoms with van der Waals surface area (Å²) in [5, 5.41) is 9.35. The summed E-state index contributed by atoms with van der Waals surface area (Å²) < 4.78 is 7.54. The van der Waals surface area contributed by atoms with Crippen molar-refractivity contribution >= 4 is 11.8 Å². The summed E-state index contributed by atoms with van der Waals surface area (Å²) in [6.07, 6.45) is 1.12. The highest BCUT2D eigenvalue weighted by molar-refractivity contribution is 7.99. The van der Waals surface area contributed by atoms with Crippen molar-refractivity contribution in [2.45, 2.75) is 32.3 Å². The van der Waals surface area contributed by atoms with Gasteiger partial charge in [0.15, 0.2) is 5.16 Å². The lowest BCUT2D eigenvalue weighted by Gasteiger charge is -2.09. The molecular formula is C14H19N3OS. The number of rotatable bonds is 6. The Morgan fingerprint density at radius 3 is 2.53 bits per heavy atom. The predicted octanol–water partition coefficient (Wildman–Crippen LogP) is 3.48. The summed E-state index contributed by atoms with van der Waals surface area (Å²) in [4.78, 5) is 0. The number of aryl methyl sites for hydroxylation is 1. The van der Waals surface area contributed by atoms with E-state index in [2.05, 4.69) is 21.7 Å². The minimum atomic E-state index is 0.683. The Kier molecular flexibility index (Phi) is 4.85. The highest BCUT2D eigenvalue weighted by Crippen LogP contribution is 2.23. The van der Waals surface area contributed by atoms with Gasteiger partial charge in [-0.25, -0.2) is 0 Å². The first-order valence-electron chi connectivity index (χ1n) is 6.54. The first-order valence-corrected chi connectivity index (χ1v) is 7.52. The van der Waals surface area contributed by atoms with E-state index in [4.69, 9.17) is 4.74 Å². The normalized spacial score (nSPS) is 10.7. The SMILES string of the molecule is CCCSc1nnc(C)n1-c1ccc(OCC)cc1. The Hall–Kier alpha value is -1.49. The maximum Gasteiger partial charge on any atom is 0.195 e. The number of ether oxygens (including phenoxy) is 1. The van der Waals surface area contributed by atoms with E-state index in [1.54, 1.807) is 11.8 Å². The molecule has 2 aromatic rings. The second-order valence-electron chi connectivity index (χ2n) is 4.14. The van der Waals surface area contributed by atoms with Crippen LogP contribution in [0.3, 0.4) is 0 Å². The van der Waals surface area contributed by atoms with Gasteiger partial charge in [-0.3, -0.25) is 4.57 Å². The largest absolute Gasteiger partial charge is 0.494 e. The fraction of sp³-hybridized carbons (Fsp3) is 0.429. The summed E-state index contributed by atoms with van der Waals surface area (Å²) in [6.45, 7) is 6.80. The molecule has 0 spiro atoms. The quantitative estimate of drug-likeness (QED) is 0.758. The van der Waals surface area contributed by atoms with E-state index >= 15 is 0 Å². The Bertz CT molecular complexity index is 522. The van der Waals surface area contributed by atoms with E-state index in [0.29, 0.717) is 6.61 Å². The van der Waals surface area contributed by atoms with Crippen LogP contribution in [-0.4, -0.2) is 27.1 Å². The maximum absolute atomic E-state index is 5.46. The lowest BCUT2D eigenvalue weighted by atomic mass is 10.3. The van der Waals surface area contributed by atoms with Crippen LogP contribution in [0.15, 0.2) is 29.4 Å². The third-order valence-electron chi connectivity index (χ3n) is 2.64. The van der Waals surface area contributed by atoms with Gasteiger partial charge in [-0.05, 0) is 44.5 Å². The molecule has 1 aromatic heterocycles. The molecule has 5 heteroatoms. The van der Waals surface area contributed by atoms with Crippen LogP contribution in [0, 0.1) is 6.92 Å². The molecule has 0 fully saturated rings. The molecule has 0 radical (unpaired) electrons. The molecule has 0 amide bonds. The van der Waals surface area contributed by atoms with Crippen molar-refractivity contribution in [2.24, 2.45) is 0 Å². The number of benzene rings is 1. The second kappa shape index (κ2) is 6.61. The Morgan fingerprint density at radius 2 is 1.89 bits per heavy atom. The first-order chi connectivity index (χ1) is 9.26. The smallest absolute Gasteiger partial charge is 0.195 e. The zero-order valence-corrected chi connectivity index (χ0v) is 12.4. The van der Waals surface area contributed by atoms with Gasteiger partial charge in [-0.15, -0.1) is 10.2 Å². The van der Waals surface area contributed by atoms with Crippen LogP contribution in [0.4, 0.5) is 0 Å². The molecule has 102 valence electrons. The van der Waals surface area contributed by atoms with Crippen LogP contribution in [0.1, 0.15) is 26.1 Å². The Morgan fingerprint density at radius 1 is 1.16 bits per heavy atom. The van der Waals surface area contributed by atoms with Crippen molar-refractivity contribution in [1.29, 1.82) is 0 Å². The van der Waals surface area contributed by atoms with E-state index in [1.165, 1.54) is 0 Å². The molecule has 19 heavy (non-hydrogen) atoms. The van der Waals surface area contributed by atoms with Crippen molar-refractivity contribution in [3.8, 4) is 11.4 Å². The monoisotopic (exact) mass is 277 g/mol. The summed E-state index contributed by atoms with van der Waals surface area (Å²) in [5.74, 6) is 2.84. The lowest BCUT2D eigenvalue weighted by Crippen LogP contribution is -2.00. The third kappa shape index (κ3) is 3.29. The lowest BCUT2D eigenvalue weighted by molar-refractivity contribution is 0.340. The van der Waals surface area contributed by atoms with Gasteiger partial charge in [0.1, 0.15) is 11.6 Å². The van der Waals surface area contributed by atoms with Crippen molar-refractivity contribution in [1.82, 2.24) is 14.8 Å². The molecule has 0 bridgehead atoms. The van der Waals surface area contributed by atoms with Gasteiger partial charge >= 0.3 is 0 Å². The molecule has 0 aliphatic rings. The van der Waals surface area contributed by atoms with Gasteiger partial charge in [0, 0.05) is 11.4 Å². The minimum absolute atomic E-state index is 0.683. The van der Waals surface area contributed by atoms with Crippen LogP contribution < -0.4 is 4.74 Å². The summed E-state index contributed by atoms with van der Waals surface area (Å²) in [6, 6.07) is 8.04. The number of thioether (sulfide) groups is 1. The molecule has 0 aliphatic carbocycles. The molecule has 0 aliphatic heterocycles. The number of aromatic nitrogens is 3. The molecule has 1 aromatic carbocycles. The number of hydrogen-bond acceptors (Lipinski definition) is 4. The topological polar surface area (TPSA) is 39.9 Å². The summed E-state index contributed by atoms with van der Waals surface area (Å²) in [5.41, 5.74) is 1.07. The molecule has 0 N–H and O–H groups in total. The highest BCUT2D eigenvalue weighted by Gasteiger charge is 2.10. The van der Waals surface area contributed by atoms with Crippen LogP contribution >= 0.6 is 11.8 Å². The van der Waals surface area contributed by atoms with Crippen molar-refractivity contribution in [3.05, 3.63) is 30.1 Å². The zero-order valence-electron chi connectivity index (χ0n) is 11.6. The molecule has 4 nitrogen and oxygen atoms in total. The van der Waals surface area contributed by atoms with Gasteiger partial charge < -0.3 is 4.74 Å². The molecule has 0 saturated heterocycles. The third-order valence-corrected chi connectivity index (χ3v) is 3.77. The van der Waals surface area contributed by atoms with Gasteiger partial charge in [0.05, 0.1) is 6.61 Å². The van der Waals surface area contributed by atoms with Crippen molar-refractivity contribution in [2.75, 3.05) is 12.4 Å². The number of nitrogens with zero attached hydrogens (tertiary/aromatic N) is 3. The average molecular weight is 277 g/mol. The van der Waals surface area contributed by atoms with E-state index in [9.17, 15) is 0 Å². The Balaban J connectivity index is 2.27. The first kappa shape index (κ1) is 13.9. The van der Waals surface area contributed by atoms with E-state index in [0.717, 1.165) is 34.6 Å². The van der Waals surface area contributed by atoms with Gasteiger partial charge in [0.2, 0.25) is 0 Å². The molecule has 2 rings (SSSR count). The summed E-state index contributed by atoms with van der Waals surface area (Å²) in [7, 11) is 0. The number of hydrogen-bond donors (Lipinski definition) is 0. The van der Waals surface area contributed by atoms with E-state index < -0.39 is 0 Å². The van der Waals surface area contributed by atoms with Gasteiger partial charge in [-0.2, -0.15) is 0 Å². The van der Waals surface area contributed by atoms with E-state index in [1.807, 2.05) is 38.1 Å². The predicted molar refractivity (Wildman–Crippen MR) is 78.3 cm³/mol. The van der Waals surface area contributed by atoms with Gasteiger partial charge in [-0.1, -0.05) is 18.7 Å². The van der Waals surface area contributed by atoms with Crippen LogP contribution in [0.2, 0.25) is 0 Å². The highest BCUT2D eigenvalue weighted by atomic mass is 32.2. The zero-order chi connectivity index (χ0) is 13.7. The fourth-order valence-corrected chi connectivity index (χ4v) is 2.64. The Labute approximate surface area is 118 Å². The average Bonchev–Trinajstić information content (AvgIpc) is 2.79. The van der Waals surface area contributed by atoms with Crippen molar-refractivity contribution in [3.63, 3.8) is 0 Å². The van der Waals surface area contributed by atoms with Crippen LogP contribution in [-0.2, 0) is 0 Å². The molecule has 1 heterocycles. The molecular weight excluding hydrogens is 258 g/mol. The standard InChI is InChI=1S/C14H19N3OS/c1-4-10-19-14-16-15-11(3)17(14)12-6-8-13(9-7-12)18-5-2/h6-9H,4-5,10H2,1-3H3. The summed E-state index contributed by atoms with van der Waals surface area (Å²) >= 11 is 1.74. The fourth-order valence-electron chi connectivity index (χ4n) is 1.79.